The van der Waals surface area contributed by atoms with Gasteiger partial charge in [-0.25, -0.2) is 0 Å². The van der Waals surface area contributed by atoms with Gasteiger partial charge >= 0.3 is 0 Å². The molecule has 2 nitrogen and oxygen atoms in total. The molecule has 2 aromatic carbocycles. The molecule has 0 saturated heterocycles. The van der Waals surface area contributed by atoms with Crippen molar-refractivity contribution in [3.63, 3.8) is 0 Å². The summed E-state index contributed by atoms with van der Waals surface area (Å²) >= 11 is 0. The van der Waals surface area contributed by atoms with Crippen LogP contribution in [-0.4, -0.2) is 12.6 Å². The Morgan fingerprint density at radius 3 is 2.85 bits per heavy atom. The first-order chi connectivity index (χ1) is 9.92. The van der Waals surface area contributed by atoms with Gasteiger partial charge in [0.05, 0.1) is 0 Å². The van der Waals surface area contributed by atoms with Gasteiger partial charge in [0.25, 0.3) is 0 Å². The Balaban J connectivity index is 1.40. The van der Waals surface area contributed by atoms with Crippen LogP contribution in [0.5, 0.6) is 0 Å². The van der Waals surface area contributed by atoms with Crippen molar-refractivity contribution in [1.82, 2.24) is 5.32 Å². The van der Waals surface area contributed by atoms with Gasteiger partial charge in [-0.15, -0.1) is 0 Å². The quantitative estimate of drug-likeness (QED) is 0.885. The number of nitrogens with one attached hydrogen (secondary N) is 2. The smallest absolute Gasteiger partial charge is 0.0419 e. The van der Waals surface area contributed by atoms with Crippen molar-refractivity contribution in [2.75, 3.05) is 11.9 Å². The van der Waals surface area contributed by atoms with Gasteiger partial charge in [0.15, 0.2) is 0 Å². The fraction of sp³-hybridized carbons (Fsp3) is 0.333. The van der Waals surface area contributed by atoms with E-state index in [2.05, 4.69) is 59.2 Å². The third kappa shape index (κ3) is 2.20. The maximum atomic E-state index is 3.71. The molecule has 2 aliphatic rings. The van der Waals surface area contributed by atoms with Crippen molar-refractivity contribution < 1.29 is 0 Å². The molecule has 1 heterocycles. The molecule has 20 heavy (non-hydrogen) atoms. The van der Waals surface area contributed by atoms with E-state index in [1.807, 2.05) is 0 Å². The van der Waals surface area contributed by atoms with Gasteiger partial charge in [0.1, 0.15) is 0 Å². The van der Waals surface area contributed by atoms with Gasteiger partial charge in [-0.1, -0.05) is 48.5 Å². The van der Waals surface area contributed by atoms with E-state index in [1.54, 1.807) is 0 Å². The number of hydrogen-bond donors (Lipinski definition) is 2. The minimum atomic E-state index is 0.648. The van der Waals surface area contributed by atoms with Crippen LogP contribution in [0.15, 0.2) is 48.5 Å². The molecule has 2 N–H and O–H groups in total. The molecule has 4 rings (SSSR count). The van der Waals surface area contributed by atoms with Crippen molar-refractivity contribution in [3.05, 3.63) is 65.2 Å². The first-order valence-electron chi connectivity index (χ1n) is 7.55. The van der Waals surface area contributed by atoms with Crippen LogP contribution in [0, 0.1) is 0 Å². The van der Waals surface area contributed by atoms with E-state index in [9.17, 15) is 0 Å². The molecule has 2 aromatic rings. The summed E-state index contributed by atoms with van der Waals surface area (Å²) in [5, 5.41) is 7.23. The lowest BCUT2D eigenvalue weighted by molar-refractivity contribution is 0.673. The first-order valence-corrected chi connectivity index (χ1v) is 7.55. The van der Waals surface area contributed by atoms with Crippen LogP contribution in [0.3, 0.4) is 0 Å². The normalized spacial score (nSPS) is 23.2. The molecule has 1 aliphatic heterocycles. The van der Waals surface area contributed by atoms with Crippen LogP contribution < -0.4 is 10.6 Å². The Kier molecular flexibility index (Phi) is 2.96. The molecule has 102 valence electrons. The lowest BCUT2D eigenvalue weighted by atomic mass is 10.1. The maximum Gasteiger partial charge on any atom is 0.0419 e. The monoisotopic (exact) mass is 264 g/mol. The highest BCUT2D eigenvalue weighted by Gasteiger charge is 2.37. The zero-order chi connectivity index (χ0) is 13.4. The van der Waals surface area contributed by atoms with Crippen molar-refractivity contribution in [3.8, 4) is 0 Å². The molecule has 0 radical (unpaired) electrons. The Labute approximate surface area is 120 Å². The van der Waals surface area contributed by atoms with E-state index in [4.69, 9.17) is 0 Å². The minimum Gasteiger partial charge on any atom is -0.384 e. The van der Waals surface area contributed by atoms with Crippen LogP contribution in [-0.2, 0) is 13.0 Å². The van der Waals surface area contributed by atoms with Crippen LogP contribution in [0.25, 0.3) is 0 Å². The average molecular weight is 264 g/mol. The van der Waals surface area contributed by atoms with Crippen LogP contribution >= 0.6 is 0 Å². The molecule has 0 bridgehead atoms. The summed E-state index contributed by atoms with van der Waals surface area (Å²) < 4.78 is 0. The Hall–Kier alpha value is -1.80. The lowest BCUT2D eigenvalue weighted by Gasteiger charge is -2.10. The summed E-state index contributed by atoms with van der Waals surface area (Å²) in [6.45, 7) is 2.06. The molecule has 2 unspecified atom stereocenters. The van der Waals surface area contributed by atoms with E-state index in [-0.39, 0.29) is 0 Å². The summed E-state index contributed by atoms with van der Waals surface area (Å²) in [7, 11) is 0. The molecule has 0 amide bonds. The van der Waals surface area contributed by atoms with Crippen LogP contribution in [0.2, 0.25) is 0 Å². The van der Waals surface area contributed by atoms with E-state index in [0.717, 1.165) is 13.1 Å². The Bertz CT molecular complexity index is 606. The topological polar surface area (TPSA) is 24.1 Å². The average Bonchev–Trinajstić information content (AvgIpc) is 3.12. The SMILES string of the molecule is c1ccc(C2CC2NCc2cccc3c2NCC3)cc1. The highest BCUT2D eigenvalue weighted by molar-refractivity contribution is 5.61. The third-order valence-electron chi connectivity index (χ3n) is 4.51. The number of anilines is 1. The van der Waals surface area contributed by atoms with Gasteiger partial charge in [-0.2, -0.15) is 0 Å². The summed E-state index contributed by atoms with van der Waals surface area (Å²) in [4.78, 5) is 0. The molecule has 2 atom stereocenters. The summed E-state index contributed by atoms with van der Waals surface area (Å²) in [5.74, 6) is 0.709. The Morgan fingerprint density at radius 1 is 1.05 bits per heavy atom. The van der Waals surface area contributed by atoms with Crippen LogP contribution in [0.1, 0.15) is 29.0 Å². The fourth-order valence-electron chi connectivity index (χ4n) is 3.29. The van der Waals surface area contributed by atoms with E-state index < -0.39 is 0 Å². The zero-order valence-corrected chi connectivity index (χ0v) is 11.6. The molecule has 0 aromatic heterocycles. The second-order valence-corrected chi connectivity index (χ2v) is 5.87. The maximum absolute atomic E-state index is 3.71. The standard InChI is InChI=1S/C18H20N2/c1-2-5-13(6-3-1)16-11-17(16)20-12-15-8-4-7-14-9-10-19-18(14)15/h1-8,16-17,19-20H,9-12H2. The van der Waals surface area contributed by atoms with E-state index >= 15 is 0 Å². The second-order valence-electron chi connectivity index (χ2n) is 5.87. The summed E-state index contributed by atoms with van der Waals surface area (Å²) in [6, 6.07) is 18.2. The number of benzene rings is 2. The first kappa shape index (κ1) is 12.0. The molecule has 2 heteroatoms. The van der Waals surface area contributed by atoms with Gasteiger partial charge in [-0.05, 0) is 29.5 Å². The molecule has 1 aliphatic carbocycles. The minimum absolute atomic E-state index is 0.648. The van der Waals surface area contributed by atoms with Gasteiger partial charge in [-0.3, -0.25) is 0 Å². The molecule has 0 spiro atoms. The summed E-state index contributed by atoms with van der Waals surface area (Å²) in [6.07, 6.45) is 2.44. The van der Waals surface area contributed by atoms with E-state index in [1.165, 1.54) is 35.2 Å². The number of hydrogen-bond acceptors (Lipinski definition) is 2. The fourth-order valence-corrected chi connectivity index (χ4v) is 3.29. The Morgan fingerprint density at radius 2 is 1.95 bits per heavy atom. The van der Waals surface area contributed by atoms with Gasteiger partial charge in [0, 0.05) is 30.7 Å². The summed E-state index contributed by atoms with van der Waals surface area (Å²) in [5.41, 5.74) is 5.73. The predicted molar refractivity (Wildman–Crippen MR) is 83.1 cm³/mol. The number of para-hydroxylation sites is 1. The lowest BCUT2D eigenvalue weighted by Crippen LogP contribution is -2.18. The molecular formula is C18H20N2. The van der Waals surface area contributed by atoms with Crippen LogP contribution in [0.4, 0.5) is 5.69 Å². The van der Waals surface area contributed by atoms with Crippen molar-refractivity contribution >= 4 is 5.69 Å². The number of rotatable bonds is 4. The van der Waals surface area contributed by atoms with Crippen molar-refractivity contribution in [2.45, 2.75) is 31.3 Å². The molecule has 1 fully saturated rings. The second kappa shape index (κ2) is 4.95. The molecule has 1 saturated carbocycles. The van der Waals surface area contributed by atoms with E-state index in [0.29, 0.717) is 12.0 Å². The highest BCUT2D eigenvalue weighted by atomic mass is 15.0. The highest BCUT2D eigenvalue weighted by Crippen LogP contribution is 2.41. The number of fused-ring (bicyclic) bond motifs is 1. The van der Waals surface area contributed by atoms with Gasteiger partial charge in [0.2, 0.25) is 0 Å². The van der Waals surface area contributed by atoms with Gasteiger partial charge < -0.3 is 10.6 Å². The predicted octanol–water partition coefficient (Wildman–Crippen LogP) is 3.30. The van der Waals surface area contributed by atoms with Crippen molar-refractivity contribution in [1.29, 1.82) is 0 Å². The molecular weight excluding hydrogens is 244 g/mol. The zero-order valence-electron chi connectivity index (χ0n) is 11.6. The third-order valence-corrected chi connectivity index (χ3v) is 4.51. The largest absolute Gasteiger partial charge is 0.384 e. The van der Waals surface area contributed by atoms with Crippen molar-refractivity contribution in [2.24, 2.45) is 0 Å².